The number of aliphatic carboxylic acids is 1. The van der Waals surface area contributed by atoms with Gasteiger partial charge in [-0.3, -0.25) is 4.79 Å². The molecular weight excluding hydrogens is 236 g/mol. The molecule has 0 spiro atoms. The second-order valence-corrected chi connectivity index (χ2v) is 3.60. The molecule has 0 heterocycles. The molecule has 0 saturated carbocycles. The molecular formula is C12H16N2O4. The third-order valence-electron chi connectivity index (χ3n) is 2.21. The van der Waals surface area contributed by atoms with Crippen LogP contribution in [-0.2, 0) is 16.1 Å². The average Bonchev–Trinajstić information content (AvgIpc) is 2.38. The quantitative estimate of drug-likeness (QED) is 0.592. The highest BCUT2D eigenvalue weighted by atomic mass is 16.5. The van der Waals surface area contributed by atoms with E-state index in [2.05, 4.69) is 5.32 Å². The van der Waals surface area contributed by atoms with E-state index >= 15 is 0 Å². The number of rotatable bonds is 7. The number of nitrogens with two attached hydrogens (primary N) is 1. The topological polar surface area (TPSA) is 102 Å². The summed E-state index contributed by atoms with van der Waals surface area (Å²) in [6.45, 7) is 0.510. The van der Waals surface area contributed by atoms with Crippen LogP contribution in [0.2, 0.25) is 0 Å². The Morgan fingerprint density at radius 1 is 1.28 bits per heavy atom. The lowest BCUT2D eigenvalue weighted by Crippen LogP contribution is -2.27. The van der Waals surface area contributed by atoms with Gasteiger partial charge in [0.2, 0.25) is 0 Å². The molecule has 0 aliphatic rings. The lowest BCUT2D eigenvalue weighted by Gasteiger charge is -2.05. The van der Waals surface area contributed by atoms with Crippen molar-refractivity contribution in [1.29, 1.82) is 0 Å². The summed E-state index contributed by atoms with van der Waals surface area (Å²) in [6.07, 6.45) is 0. The number of amides is 1. The van der Waals surface area contributed by atoms with E-state index in [9.17, 15) is 9.59 Å². The molecule has 1 amide bonds. The van der Waals surface area contributed by atoms with Crippen LogP contribution in [0.5, 0.6) is 0 Å². The molecule has 98 valence electrons. The molecule has 0 unspecified atom stereocenters. The first-order valence-electron chi connectivity index (χ1n) is 5.50. The molecule has 6 nitrogen and oxygen atoms in total. The second kappa shape index (κ2) is 7.41. The molecule has 0 bridgehead atoms. The van der Waals surface area contributed by atoms with Gasteiger partial charge in [0.15, 0.2) is 0 Å². The maximum atomic E-state index is 11.6. The number of benzene rings is 1. The average molecular weight is 252 g/mol. The fourth-order valence-electron chi connectivity index (χ4n) is 1.29. The van der Waals surface area contributed by atoms with Gasteiger partial charge in [-0.2, -0.15) is 0 Å². The predicted molar refractivity (Wildman–Crippen MR) is 65.1 cm³/mol. The first kappa shape index (κ1) is 14.1. The smallest absolute Gasteiger partial charge is 0.329 e. The number of nitrogens with one attached hydrogen (secondary N) is 1. The van der Waals surface area contributed by atoms with Gasteiger partial charge in [-0.25, -0.2) is 4.79 Å². The van der Waals surface area contributed by atoms with Gasteiger partial charge >= 0.3 is 5.97 Å². The number of carboxylic acids is 1. The lowest BCUT2D eigenvalue weighted by molar-refractivity contribution is -0.142. The zero-order chi connectivity index (χ0) is 13.4. The molecule has 0 radical (unpaired) electrons. The summed E-state index contributed by atoms with van der Waals surface area (Å²) < 4.78 is 4.79. The summed E-state index contributed by atoms with van der Waals surface area (Å²) in [4.78, 5) is 21.8. The standard InChI is InChI=1S/C12H16N2O4/c13-7-9-1-3-10(4-2-9)12(17)14-5-6-18-8-11(15)16/h1-4H,5-8,13H2,(H,14,17)(H,15,16). The van der Waals surface area contributed by atoms with Crippen molar-refractivity contribution in [3.63, 3.8) is 0 Å². The Labute approximate surface area is 105 Å². The third-order valence-corrected chi connectivity index (χ3v) is 2.21. The Balaban J connectivity index is 2.29. The SMILES string of the molecule is NCc1ccc(C(=O)NCCOCC(=O)O)cc1. The summed E-state index contributed by atoms with van der Waals surface area (Å²) in [5, 5.41) is 10.9. The van der Waals surface area contributed by atoms with Crippen LogP contribution < -0.4 is 11.1 Å². The van der Waals surface area contributed by atoms with Gasteiger partial charge in [-0.15, -0.1) is 0 Å². The van der Waals surface area contributed by atoms with E-state index in [1.807, 2.05) is 0 Å². The van der Waals surface area contributed by atoms with Crippen LogP contribution in [0.1, 0.15) is 15.9 Å². The van der Waals surface area contributed by atoms with Crippen LogP contribution in [-0.4, -0.2) is 36.7 Å². The monoisotopic (exact) mass is 252 g/mol. The van der Waals surface area contributed by atoms with Gasteiger partial charge in [-0.1, -0.05) is 12.1 Å². The Morgan fingerprint density at radius 2 is 1.94 bits per heavy atom. The van der Waals surface area contributed by atoms with Crippen LogP contribution in [0, 0.1) is 0 Å². The van der Waals surface area contributed by atoms with Crippen molar-refractivity contribution in [3.05, 3.63) is 35.4 Å². The zero-order valence-electron chi connectivity index (χ0n) is 9.89. The first-order chi connectivity index (χ1) is 8.63. The Hall–Kier alpha value is -1.92. The number of carbonyl (C=O) groups is 2. The number of ether oxygens (including phenoxy) is 1. The molecule has 0 aromatic heterocycles. The van der Waals surface area contributed by atoms with E-state index in [1.165, 1.54) is 0 Å². The van der Waals surface area contributed by atoms with E-state index in [0.717, 1.165) is 5.56 Å². The van der Waals surface area contributed by atoms with E-state index in [1.54, 1.807) is 24.3 Å². The fourth-order valence-corrected chi connectivity index (χ4v) is 1.29. The molecule has 6 heteroatoms. The highest BCUT2D eigenvalue weighted by molar-refractivity contribution is 5.94. The summed E-state index contributed by atoms with van der Waals surface area (Å²) in [6, 6.07) is 6.96. The zero-order valence-corrected chi connectivity index (χ0v) is 9.89. The first-order valence-corrected chi connectivity index (χ1v) is 5.50. The molecule has 1 rings (SSSR count). The minimum absolute atomic E-state index is 0.166. The lowest BCUT2D eigenvalue weighted by atomic mass is 10.1. The van der Waals surface area contributed by atoms with Crippen LogP contribution in [0.25, 0.3) is 0 Å². The highest BCUT2D eigenvalue weighted by Crippen LogP contribution is 2.03. The summed E-state index contributed by atoms with van der Waals surface area (Å²) in [5.41, 5.74) is 6.94. The predicted octanol–water partition coefficient (Wildman–Crippen LogP) is -0.0237. The van der Waals surface area contributed by atoms with Crippen molar-refractivity contribution in [1.82, 2.24) is 5.32 Å². The van der Waals surface area contributed by atoms with E-state index in [0.29, 0.717) is 12.1 Å². The van der Waals surface area contributed by atoms with Crippen molar-refractivity contribution in [2.45, 2.75) is 6.54 Å². The summed E-state index contributed by atoms with van der Waals surface area (Å²) in [7, 11) is 0. The van der Waals surface area contributed by atoms with Crippen LogP contribution in [0.4, 0.5) is 0 Å². The molecule has 0 fully saturated rings. The normalized spacial score (nSPS) is 10.1. The van der Waals surface area contributed by atoms with Crippen LogP contribution in [0.15, 0.2) is 24.3 Å². The van der Waals surface area contributed by atoms with Crippen molar-refractivity contribution in [2.75, 3.05) is 19.8 Å². The highest BCUT2D eigenvalue weighted by Gasteiger charge is 2.04. The number of carbonyl (C=O) groups excluding carboxylic acids is 1. The Morgan fingerprint density at radius 3 is 2.50 bits per heavy atom. The van der Waals surface area contributed by atoms with E-state index < -0.39 is 5.97 Å². The molecule has 0 saturated heterocycles. The number of hydrogen-bond acceptors (Lipinski definition) is 4. The Kier molecular flexibility index (Phi) is 5.83. The third kappa shape index (κ3) is 4.94. The van der Waals surface area contributed by atoms with Gasteiger partial charge in [0.25, 0.3) is 5.91 Å². The number of hydrogen-bond donors (Lipinski definition) is 3. The van der Waals surface area contributed by atoms with Crippen molar-refractivity contribution >= 4 is 11.9 Å². The minimum Gasteiger partial charge on any atom is -0.480 e. The van der Waals surface area contributed by atoms with Gasteiger partial charge in [0.05, 0.1) is 6.61 Å². The van der Waals surface area contributed by atoms with Gasteiger partial charge in [0, 0.05) is 18.7 Å². The summed E-state index contributed by atoms with van der Waals surface area (Å²) >= 11 is 0. The van der Waals surface area contributed by atoms with Crippen molar-refractivity contribution < 1.29 is 19.4 Å². The van der Waals surface area contributed by atoms with Gasteiger partial charge < -0.3 is 20.9 Å². The van der Waals surface area contributed by atoms with Crippen LogP contribution >= 0.6 is 0 Å². The molecule has 0 aliphatic carbocycles. The molecule has 18 heavy (non-hydrogen) atoms. The molecule has 1 aromatic rings. The van der Waals surface area contributed by atoms with E-state index in [-0.39, 0.29) is 25.7 Å². The fraction of sp³-hybridized carbons (Fsp3) is 0.333. The minimum atomic E-state index is -1.03. The maximum absolute atomic E-state index is 11.6. The molecule has 1 aromatic carbocycles. The van der Waals surface area contributed by atoms with E-state index in [4.69, 9.17) is 15.6 Å². The Bertz CT molecular complexity index is 403. The largest absolute Gasteiger partial charge is 0.480 e. The summed E-state index contributed by atoms with van der Waals surface area (Å²) in [5.74, 6) is -1.25. The second-order valence-electron chi connectivity index (χ2n) is 3.60. The van der Waals surface area contributed by atoms with Crippen LogP contribution in [0.3, 0.4) is 0 Å². The van der Waals surface area contributed by atoms with Gasteiger partial charge in [-0.05, 0) is 17.7 Å². The van der Waals surface area contributed by atoms with Crippen molar-refractivity contribution in [2.24, 2.45) is 5.73 Å². The molecule has 0 atom stereocenters. The molecule has 4 N–H and O–H groups in total. The van der Waals surface area contributed by atoms with Gasteiger partial charge in [0.1, 0.15) is 6.61 Å². The molecule has 0 aliphatic heterocycles. The van der Waals surface area contributed by atoms with Crippen molar-refractivity contribution in [3.8, 4) is 0 Å². The number of carboxylic acid groups (broad SMARTS) is 1. The maximum Gasteiger partial charge on any atom is 0.329 e.